The monoisotopic (exact) mass is 312 g/mol. The molecule has 0 aliphatic rings. The molecule has 0 fully saturated rings. The molecule has 0 aliphatic heterocycles. The molecule has 0 unspecified atom stereocenters. The van der Waals surface area contributed by atoms with Crippen molar-refractivity contribution in [3.8, 4) is 11.6 Å². The topological polar surface area (TPSA) is 82.2 Å². The van der Waals surface area contributed by atoms with Crippen LogP contribution in [0.1, 0.15) is 12.5 Å². The Labute approximate surface area is 132 Å². The third-order valence-electron chi connectivity index (χ3n) is 3.22. The molecule has 1 aromatic carbocycles. The highest BCUT2D eigenvalue weighted by atomic mass is 16.5. The highest BCUT2D eigenvalue weighted by Gasteiger charge is 2.19. The van der Waals surface area contributed by atoms with E-state index in [4.69, 9.17) is 4.74 Å². The number of aryl methyl sites for hydroxylation is 1. The van der Waals surface area contributed by atoms with Gasteiger partial charge < -0.3 is 14.6 Å². The normalized spacial score (nSPS) is 11.9. The summed E-state index contributed by atoms with van der Waals surface area (Å²) in [6.45, 7) is 3.53. The van der Waals surface area contributed by atoms with Gasteiger partial charge in [-0.25, -0.2) is 4.68 Å². The lowest BCUT2D eigenvalue weighted by atomic mass is 10.3. The van der Waals surface area contributed by atoms with Gasteiger partial charge in [-0.3, -0.25) is 4.79 Å². The number of nitrogens with zero attached hydrogens (tertiary/aromatic N) is 3. The molecule has 1 N–H and O–H groups in total. The number of anilines is 1. The fourth-order valence-corrected chi connectivity index (χ4v) is 2.00. The Morgan fingerprint density at radius 3 is 2.78 bits per heavy atom. The second-order valence-corrected chi connectivity index (χ2v) is 5.03. The molecule has 2 aromatic heterocycles. The number of nitrogens with one attached hydrogen (secondary N) is 1. The van der Waals surface area contributed by atoms with Crippen molar-refractivity contribution in [1.29, 1.82) is 0 Å². The molecule has 23 heavy (non-hydrogen) atoms. The minimum atomic E-state index is -0.718. The van der Waals surface area contributed by atoms with Crippen LogP contribution >= 0.6 is 0 Å². The van der Waals surface area contributed by atoms with Crippen molar-refractivity contribution in [2.75, 3.05) is 5.32 Å². The van der Waals surface area contributed by atoms with Gasteiger partial charge in [0.2, 0.25) is 5.88 Å². The van der Waals surface area contributed by atoms with Crippen molar-refractivity contribution in [2.24, 2.45) is 0 Å². The van der Waals surface area contributed by atoms with Crippen LogP contribution < -0.4 is 10.1 Å². The molecule has 7 nitrogen and oxygen atoms in total. The average Bonchev–Trinajstić information content (AvgIpc) is 3.18. The molecule has 2 heterocycles. The van der Waals surface area contributed by atoms with E-state index in [1.54, 1.807) is 17.7 Å². The van der Waals surface area contributed by atoms with Crippen molar-refractivity contribution >= 4 is 11.7 Å². The van der Waals surface area contributed by atoms with E-state index in [9.17, 15) is 4.79 Å². The van der Waals surface area contributed by atoms with Crippen molar-refractivity contribution in [1.82, 2.24) is 14.9 Å². The molecule has 0 saturated carbocycles. The number of para-hydroxylation sites is 1. The number of carbonyl (C=O) groups is 1. The van der Waals surface area contributed by atoms with Crippen LogP contribution in [0.4, 0.5) is 5.82 Å². The standard InChI is InChI=1S/C16H16N4O3/c1-11-10-20(13-6-4-3-5-7-13)18-16(11)23-12(2)15(21)17-14-8-9-22-19-14/h3-10,12H,1-2H3,(H,17,19,21)/t12-/m1/s1. The van der Waals surface area contributed by atoms with Crippen molar-refractivity contribution in [3.63, 3.8) is 0 Å². The summed E-state index contributed by atoms with van der Waals surface area (Å²) in [7, 11) is 0. The van der Waals surface area contributed by atoms with Crippen LogP contribution in [0.25, 0.3) is 5.69 Å². The molecule has 1 atom stereocenters. The third-order valence-corrected chi connectivity index (χ3v) is 3.22. The molecule has 118 valence electrons. The zero-order chi connectivity index (χ0) is 16.2. The second-order valence-electron chi connectivity index (χ2n) is 5.03. The number of benzene rings is 1. The Bertz CT molecular complexity index is 781. The molecule has 0 saturated heterocycles. The Morgan fingerprint density at radius 1 is 1.30 bits per heavy atom. The van der Waals surface area contributed by atoms with Gasteiger partial charge >= 0.3 is 0 Å². The fraction of sp³-hybridized carbons (Fsp3) is 0.188. The number of amides is 1. The second kappa shape index (κ2) is 6.35. The maximum atomic E-state index is 12.1. The van der Waals surface area contributed by atoms with E-state index in [-0.39, 0.29) is 5.91 Å². The number of hydrogen-bond acceptors (Lipinski definition) is 5. The lowest BCUT2D eigenvalue weighted by molar-refractivity contribution is -0.122. The third kappa shape index (κ3) is 3.39. The Morgan fingerprint density at radius 2 is 2.09 bits per heavy atom. The van der Waals surface area contributed by atoms with E-state index in [1.807, 2.05) is 43.5 Å². The molecule has 0 aliphatic carbocycles. The zero-order valence-electron chi connectivity index (χ0n) is 12.8. The summed E-state index contributed by atoms with van der Waals surface area (Å²) in [5, 5.41) is 10.6. The summed E-state index contributed by atoms with van der Waals surface area (Å²) < 4.78 is 12.0. The van der Waals surface area contributed by atoms with Crippen LogP contribution in [0.15, 0.2) is 53.4 Å². The molecule has 3 rings (SSSR count). The van der Waals surface area contributed by atoms with Crippen LogP contribution in [0.3, 0.4) is 0 Å². The van der Waals surface area contributed by atoms with Crippen LogP contribution in [0, 0.1) is 6.92 Å². The van der Waals surface area contributed by atoms with Crippen LogP contribution in [0.5, 0.6) is 5.88 Å². The van der Waals surface area contributed by atoms with Gasteiger partial charge in [-0.05, 0) is 26.0 Å². The number of carbonyl (C=O) groups excluding carboxylic acids is 1. The minimum absolute atomic E-state index is 0.326. The molecule has 0 bridgehead atoms. The summed E-state index contributed by atoms with van der Waals surface area (Å²) in [5.74, 6) is 0.432. The number of rotatable bonds is 5. The van der Waals surface area contributed by atoms with Gasteiger partial charge in [-0.2, -0.15) is 0 Å². The van der Waals surface area contributed by atoms with E-state index in [2.05, 4.69) is 20.1 Å². The predicted molar refractivity (Wildman–Crippen MR) is 83.5 cm³/mol. The summed E-state index contributed by atoms with van der Waals surface area (Å²) in [6.07, 6.45) is 2.52. The number of ether oxygens (including phenoxy) is 1. The lowest BCUT2D eigenvalue weighted by Gasteiger charge is -2.12. The maximum Gasteiger partial charge on any atom is 0.266 e. The van der Waals surface area contributed by atoms with Crippen molar-refractivity contribution < 1.29 is 14.1 Å². The van der Waals surface area contributed by atoms with E-state index < -0.39 is 6.10 Å². The van der Waals surface area contributed by atoms with Gasteiger partial charge in [0.25, 0.3) is 5.91 Å². The first-order chi connectivity index (χ1) is 11.1. The highest BCUT2D eigenvalue weighted by Crippen LogP contribution is 2.19. The largest absolute Gasteiger partial charge is 0.463 e. The molecule has 0 spiro atoms. The van der Waals surface area contributed by atoms with Gasteiger partial charge in [0.15, 0.2) is 11.9 Å². The molecule has 3 aromatic rings. The summed E-state index contributed by atoms with van der Waals surface area (Å²) in [4.78, 5) is 12.1. The maximum absolute atomic E-state index is 12.1. The van der Waals surface area contributed by atoms with Crippen LogP contribution in [-0.2, 0) is 4.79 Å². The first-order valence-electron chi connectivity index (χ1n) is 7.13. The number of hydrogen-bond donors (Lipinski definition) is 1. The van der Waals surface area contributed by atoms with Gasteiger partial charge in [0, 0.05) is 17.8 Å². The highest BCUT2D eigenvalue weighted by molar-refractivity contribution is 5.93. The predicted octanol–water partition coefficient (Wildman–Crippen LogP) is 2.57. The Kier molecular flexibility index (Phi) is 4.09. The Balaban J connectivity index is 1.70. The smallest absolute Gasteiger partial charge is 0.266 e. The molecular weight excluding hydrogens is 296 g/mol. The van der Waals surface area contributed by atoms with E-state index >= 15 is 0 Å². The summed E-state index contributed by atoms with van der Waals surface area (Å²) >= 11 is 0. The summed E-state index contributed by atoms with van der Waals surface area (Å²) in [5.41, 5.74) is 1.76. The van der Waals surface area contributed by atoms with Crippen LogP contribution in [0.2, 0.25) is 0 Å². The van der Waals surface area contributed by atoms with E-state index in [0.29, 0.717) is 11.7 Å². The molecule has 1 amide bonds. The first-order valence-corrected chi connectivity index (χ1v) is 7.13. The average molecular weight is 312 g/mol. The zero-order valence-corrected chi connectivity index (χ0v) is 12.8. The molecular formula is C16H16N4O3. The minimum Gasteiger partial charge on any atom is -0.463 e. The lowest BCUT2D eigenvalue weighted by Crippen LogP contribution is -2.30. The fourth-order valence-electron chi connectivity index (χ4n) is 2.00. The summed E-state index contributed by atoms with van der Waals surface area (Å²) in [6, 6.07) is 11.2. The van der Waals surface area contributed by atoms with Gasteiger partial charge in [0.05, 0.1) is 5.69 Å². The van der Waals surface area contributed by atoms with Crippen molar-refractivity contribution in [2.45, 2.75) is 20.0 Å². The molecule has 7 heteroatoms. The molecule has 0 radical (unpaired) electrons. The Hall–Kier alpha value is -3.09. The quantitative estimate of drug-likeness (QED) is 0.783. The van der Waals surface area contributed by atoms with Gasteiger partial charge in [-0.15, -0.1) is 5.10 Å². The van der Waals surface area contributed by atoms with Gasteiger partial charge in [-0.1, -0.05) is 23.4 Å². The number of aromatic nitrogens is 3. The van der Waals surface area contributed by atoms with Crippen LogP contribution in [-0.4, -0.2) is 26.9 Å². The van der Waals surface area contributed by atoms with Crippen molar-refractivity contribution in [3.05, 3.63) is 54.4 Å². The van der Waals surface area contributed by atoms with E-state index in [1.165, 1.54) is 6.26 Å². The van der Waals surface area contributed by atoms with Gasteiger partial charge in [0.1, 0.15) is 6.26 Å². The first kappa shape index (κ1) is 14.8. The van der Waals surface area contributed by atoms with E-state index in [0.717, 1.165) is 11.3 Å². The SMILES string of the molecule is Cc1cn(-c2ccccc2)nc1O[C@H](C)C(=O)Nc1ccon1.